The second-order valence-electron chi connectivity index (χ2n) is 5.57. The van der Waals surface area contributed by atoms with Crippen LogP contribution >= 0.6 is 0 Å². The van der Waals surface area contributed by atoms with E-state index in [9.17, 15) is 4.79 Å². The summed E-state index contributed by atoms with van der Waals surface area (Å²) in [6.07, 6.45) is 3.12. The van der Waals surface area contributed by atoms with Gasteiger partial charge in [0.15, 0.2) is 0 Å². The molecule has 0 saturated heterocycles. The Labute approximate surface area is 112 Å². The van der Waals surface area contributed by atoms with Crippen molar-refractivity contribution in [2.24, 2.45) is 0 Å². The summed E-state index contributed by atoms with van der Waals surface area (Å²) in [5, 5.41) is 3.34. The molecule has 0 spiro atoms. The van der Waals surface area contributed by atoms with E-state index in [1.54, 1.807) is 4.90 Å². The van der Waals surface area contributed by atoms with Crippen LogP contribution in [0, 0.1) is 0 Å². The van der Waals surface area contributed by atoms with Crippen LogP contribution < -0.4 is 5.32 Å². The highest BCUT2D eigenvalue weighted by Crippen LogP contribution is 2.09. The predicted molar refractivity (Wildman–Crippen MR) is 75.9 cm³/mol. The van der Waals surface area contributed by atoms with Crippen LogP contribution in [-0.4, -0.2) is 42.8 Å². The molecule has 0 saturated carbocycles. The molecule has 0 radical (unpaired) electrons. The number of ether oxygens (including phenoxy) is 1. The van der Waals surface area contributed by atoms with Gasteiger partial charge in [0, 0.05) is 19.6 Å². The summed E-state index contributed by atoms with van der Waals surface area (Å²) in [7, 11) is 0. The van der Waals surface area contributed by atoms with Gasteiger partial charge in [-0.15, -0.1) is 0 Å². The fraction of sp³-hybridized carbons (Fsp3) is 0.929. The van der Waals surface area contributed by atoms with Crippen molar-refractivity contribution in [3.05, 3.63) is 0 Å². The lowest BCUT2D eigenvalue weighted by Gasteiger charge is -2.27. The Kier molecular flexibility index (Phi) is 8.81. The van der Waals surface area contributed by atoms with Gasteiger partial charge < -0.3 is 15.0 Å². The molecule has 0 bridgehead atoms. The van der Waals surface area contributed by atoms with E-state index < -0.39 is 5.60 Å². The minimum absolute atomic E-state index is 0.207. The minimum atomic E-state index is -0.418. The van der Waals surface area contributed by atoms with Crippen LogP contribution in [0.15, 0.2) is 0 Å². The third-order valence-electron chi connectivity index (χ3n) is 2.41. The molecule has 0 aliphatic rings. The SMILES string of the molecule is CCCCNCCN(CCC)C(=O)OC(C)(C)C. The van der Waals surface area contributed by atoms with E-state index in [4.69, 9.17) is 4.74 Å². The maximum absolute atomic E-state index is 11.9. The van der Waals surface area contributed by atoms with Gasteiger partial charge in [0.2, 0.25) is 0 Å². The van der Waals surface area contributed by atoms with Crippen LogP contribution in [0.1, 0.15) is 53.9 Å². The zero-order chi connectivity index (χ0) is 14.0. The summed E-state index contributed by atoms with van der Waals surface area (Å²) < 4.78 is 5.39. The van der Waals surface area contributed by atoms with Crippen molar-refractivity contribution in [2.75, 3.05) is 26.2 Å². The first-order valence-corrected chi connectivity index (χ1v) is 7.09. The molecule has 0 heterocycles. The largest absolute Gasteiger partial charge is 0.444 e. The zero-order valence-electron chi connectivity index (χ0n) is 12.7. The fourth-order valence-corrected chi connectivity index (χ4v) is 1.53. The topological polar surface area (TPSA) is 41.6 Å². The number of hydrogen-bond donors (Lipinski definition) is 1. The summed E-state index contributed by atoms with van der Waals surface area (Å²) in [6.45, 7) is 13.3. The lowest BCUT2D eigenvalue weighted by Crippen LogP contribution is -2.41. The van der Waals surface area contributed by atoms with Gasteiger partial charge in [-0.1, -0.05) is 20.3 Å². The smallest absolute Gasteiger partial charge is 0.410 e. The van der Waals surface area contributed by atoms with E-state index in [1.807, 2.05) is 20.8 Å². The molecule has 0 unspecified atom stereocenters. The molecule has 0 aliphatic carbocycles. The van der Waals surface area contributed by atoms with Gasteiger partial charge in [-0.05, 0) is 40.2 Å². The molecule has 0 aromatic carbocycles. The maximum Gasteiger partial charge on any atom is 0.410 e. The van der Waals surface area contributed by atoms with Crippen LogP contribution in [0.25, 0.3) is 0 Å². The Morgan fingerprint density at radius 2 is 1.78 bits per heavy atom. The second kappa shape index (κ2) is 9.20. The van der Waals surface area contributed by atoms with Crippen LogP contribution in [0.2, 0.25) is 0 Å². The Balaban J connectivity index is 4.01. The number of carbonyl (C=O) groups excluding carboxylic acids is 1. The number of rotatable bonds is 8. The summed E-state index contributed by atoms with van der Waals surface area (Å²) in [6, 6.07) is 0. The van der Waals surface area contributed by atoms with Gasteiger partial charge in [0.1, 0.15) is 5.60 Å². The Bertz CT molecular complexity index is 224. The molecule has 1 amide bonds. The number of carbonyl (C=O) groups is 1. The molecular weight excluding hydrogens is 228 g/mol. The Morgan fingerprint density at radius 3 is 2.28 bits per heavy atom. The molecule has 0 aromatic heterocycles. The van der Waals surface area contributed by atoms with Gasteiger partial charge in [0.25, 0.3) is 0 Å². The van der Waals surface area contributed by atoms with Crippen molar-refractivity contribution in [3.63, 3.8) is 0 Å². The lowest BCUT2D eigenvalue weighted by atomic mass is 10.2. The number of amides is 1. The molecule has 4 nitrogen and oxygen atoms in total. The van der Waals surface area contributed by atoms with Crippen LogP contribution in [0.5, 0.6) is 0 Å². The van der Waals surface area contributed by atoms with Crippen LogP contribution in [0.4, 0.5) is 4.79 Å². The van der Waals surface area contributed by atoms with Gasteiger partial charge in [-0.2, -0.15) is 0 Å². The minimum Gasteiger partial charge on any atom is -0.444 e. The van der Waals surface area contributed by atoms with Gasteiger partial charge in [-0.3, -0.25) is 0 Å². The fourth-order valence-electron chi connectivity index (χ4n) is 1.53. The predicted octanol–water partition coefficient (Wildman–Crippen LogP) is 3.02. The number of unbranched alkanes of at least 4 members (excludes halogenated alkanes) is 1. The van der Waals surface area contributed by atoms with Crippen LogP contribution in [0.3, 0.4) is 0 Å². The van der Waals surface area contributed by atoms with Crippen LogP contribution in [-0.2, 0) is 4.74 Å². The number of nitrogens with zero attached hydrogens (tertiary/aromatic N) is 1. The standard InChI is InChI=1S/C14H30N2O2/c1-6-8-9-15-10-12-16(11-7-2)13(17)18-14(3,4)5/h15H,6-12H2,1-5H3. The quantitative estimate of drug-likeness (QED) is 0.680. The summed E-state index contributed by atoms with van der Waals surface area (Å²) in [5.41, 5.74) is -0.418. The molecule has 0 aromatic rings. The van der Waals surface area contributed by atoms with Gasteiger partial charge >= 0.3 is 6.09 Å². The third-order valence-corrected chi connectivity index (χ3v) is 2.41. The summed E-state index contributed by atoms with van der Waals surface area (Å²) >= 11 is 0. The summed E-state index contributed by atoms with van der Waals surface area (Å²) in [4.78, 5) is 13.7. The van der Waals surface area contributed by atoms with E-state index in [-0.39, 0.29) is 6.09 Å². The first-order chi connectivity index (χ1) is 8.40. The molecule has 1 N–H and O–H groups in total. The van der Waals surface area contributed by atoms with Gasteiger partial charge in [-0.25, -0.2) is 4.79 Å². The van der Waals surface area contributed by atoms with E-state index in [0.717, 1.165) is 26.1 Å². The average molecular weight is 258 g/mol. The molecule has 0 rings (SSSR count). The molecule has 0 atom stereocenters. The highest BCUT2D eigenvalue weighted by atomic mass is 16.6. The maximum atomic E-state index is 11.9. The number of nitrogens with one attached hydrogen (secondary N) is 1. The van der Waals surface area contributed by atoms with Crippen molar-refractivity contribution in [3.8, 4) is 0 Å². The molecule has 4 heteroatoms. The Morgan fingerprint density at radius 1 is 1.11 bits per heavy atom. The normalized spacial score (nSPS) is 11.4. The zero-order valence-corrected chi connectivity index (χ0v) is 12.7. The van der Waals surface area contributed by atoms with Crippen molar-refractivity contribution < 1.29 is 9.53 Å². The first kappa shape index (κ1) is 17.2. The molecule has 0 fully saturated rings. The van der Waals surface area contributed by atoms with Crippen molar-refractivity contribution in [1.82, 2.24) is 10.2 Å². The van der Waals surface area contributed by atoms with Gasteiger partial charge in [0.05, 0.1) is 0 Å². The van der Waals surface area contributed by atoms with E-state index in [2.05, 4.69) is 19.2 Å². The monoisotopic (exact) mass is 258 g/mol. The van der Waals surface area contributed by atoms with Crippen molar-refractivity contribution in [2.45, 2.75) is 59.5 Å². The van der Waals surface area contributed by atoms with E-state index >= 15 is 0 Å². The van der Waals surface area contributed by atoms with Crippen molar-refractivity contribution >= 4 is 6.09 Å². The molecule has 18 heavy (non-hydrogen) atoms. The molecular formula is C14H30N2O2. The summed E-state index contributed by atoms with van der Waals surface area (Å²) in [5.74, 6) is 0. The first-order valence-electron chi connectivity index (χ1n) is 7.09. The van der Waals surface area contributed by atoms with Crippen molar-refractivity contribution in [1.29, 1.82) is 0 Å². The Hall–Kier alpha value is -0.770. The number of hydrogen-bond acceptors (Lipinski definition) is 3. The highest BCUT2D eigenvalue weighted by molar-refractivity contribution is 5.68. The van der Waals surface area contributed by atoms with E-state index in [1.165, 1.54) is 12.8 Å². The average Bonchev–Trinajstić information content (AvgIpc) is 2.25. The second-order valence-corrected chi connectivity index (χ2v) is 5.57. The highest BCUT2D eigenvalue weighted by Gasteiger charge is 2.20. The lowest BCUT2D eigenvalue weighted by molar-refractivity contribution is 0.0252. The third kappa shape index (κ3) is 9.28. The van der Waals surface area contributed by atoms with E-state index in [0.29, 0.717) is 6.54 Å². The molecule has 108 valence electrons. The molecule has 0 aliphatic heterocycles.